The van der Waals surface area contributed by atoms with Gasteiger partial charge in [0.25, 0.3) is 0 Å². The molecular formula is C22H41O4P. The monoisotopic (exact) mass is 400 g/mol. The minimum absolute atomic E-state index is 0.126. The van der Waals surface area contributed by atoms with Gasteiger partial charge in [0.2, 0.25) is 0 Å². The maximum absolute atomic E-state index is 11.7. The third-order valence-corrected chi connectivity index (χ3v) is 6.46. The Morgan fingerprint density at radius 2 is 1.56 bits per heavy atom. The number of hydrogen-bond donors (Lipinski definition) is 0. The predicted molar refractivity (Wildman–Crippen MR) is 114 cm³/mol. The van der Waals surface area contributed by atoms with Gasteiger partial charge in [-0.3, -0.25) is 9.36 Å². The smallest absolute Gasteiger partial charge is 0.305 e. The lowest BCUT2D eigenvalue weighted by Gasteiger charge is -2.08. The molecule has 158 valence electrons. The molecular weight excluding hydrogens is 359 g/mol. The second-order valence-electron chi connectivity index (χ2n) is 7.77. The van der Waals surface area contributed by atoms with Crippen molar-refractivity contribution in [3.05, 3.63) is 12.2 Å². The van der Waals surface area contributed by atoms with Crippen LogP contribution >= 0.6 is 8.03 Å². The van der Waals surface area contributed by atoms with Gasteiger partial charge >= 0.3 is 5.97 Å². The van der Waals surface area contributed by atoms with Crippen molar-refractivity contribution >= 4 is 14.0 Å². The van der Waals surface area contributed by atoms with Crippen LogP contribution in [0.1, 0.15) is 96.8 Å². The van der Waals surface area contributed by atoms with Gasteiger partial charge in [0.1, 0.15) is 0 Å². The molecule has 1 aliphatic rings. The van der Waals surface area contributed by atoms with Crippen molar-refractivity contribution in [1.29, 1.82) is 0 Å². The largest absolute Gasteiger partial charge is 0.465 e. The number of unbranched alkanes of at least 4 members (excludes halogenated alkanes) is 11. The Morgan fingerprint density at radius 3 is 2.15 bits per heavy atom. The minimum Gasteiger partial charge on any atom is -0.465 e. The van der Waals surface area contributed by atoms with Gasteiger partial charge in [-0.05, 0) is 32.1 Å². The first-order chi connectivity index (χ1) is 13.2. The highest BCUT2D eigenvalue weighted by atomic mass is 31.1. The highest BCUT2D eigenvalue weighted by Crippen LogP contribution is 2.33. The predicted octanol–water partition coefficient (Wildman–Crippen LogP) is 6.69. The zero-order valence-electron chi connectivity index (χ0n) is 17.4. The van der Waals surface area contributed by atoms with Crippen LogP contribution in [0.4, 0.5) is 0 Å². The Balaban J connectivity index is 1.78. The van der Waals surface area contributed by atoms with Gasteiger partial charge in [-0.1, -0.05) is 70.4 Å². The number of allylic oxidation sites excluding steroid dienone is 2. The highest BCUT2D eigenvalue weighted by molar-refractivity contribution is 7.39. The van der Waals surface area contributed by atoms with Crippen molar-refractivity contribution in [1.82, 2.24) is 0 Å². The first-order valence-electron chi connectivity index (χ1n) is 11.2. The van der Waals surface area contributed by atoms with E-state index in [2.05, 4.69) is 19.1 Å². The summed E-state index contributed by atoms with van der Waals surface area (Å²) in [6, 6.07) is 0. The van der Waals surface area contributed by atoms with Crippen LogP contribution in [0.15, 0.2) is 12.2 Å². The van der Waals surface area contributed by atoms with Crippen LogP contribution in [0, 0.1) is 5.92 Å². The van der Waals surface area contributed by atoms with Crippen molar-refractivity contribution < 1.29 is 18.6 Å². The molecule has 0 saturated carbocycles. The van der Waals surface area contributed by atoms with E-state index < -0.39 is 8.03 Å². The van der Waals surface area contributed by atoms with Crippen LogP contribution in [0.5, 0.6) is 0 Å². The first-order valence-corrected chi connectivity index (χ1v) is 12.7. The Labute approximate surface area is 167 Å². The molecule has 2 unspecified atom stereocenters. The molecule has 1 fully saturated rings. The SMILES string of the molecule is CCCCCCCC/C=C\CCCCCCCC(=O)OCC1CO[PH](=O)C1. The summed E-state index contributed by atoms with van der Waals surface area (Å²) in [4.78, 5) is 11.7. The number of rotatable bonds is 17. The molecule has 0 spiro atoms. The lowest BCUT2D eigenvalue weighted by Crippen LogP contribution is -2.15. The molecule has 0 amide bonds. The van der Waals surface area contributed by atoms with Gasteiger partial charge in [-0.15, -0.1) is 0 Å². The number of carbonyl (C=O) groups is 1. The van der Waals surface area contributed by atoms with Gasteiger partial charge in [0, 0.05) is 18.5 Å². The van der Waals surface area contributed by atoms with Crippen molar-refractivity contribution in [2.45, 2.75) is 96.8 Å². The highest BCUT2D eigenvalue weighted by Gasteiger charge is 2.22. The molecule has 0 N–H and O–H groups in total. The fourth-order valence-corrected chi connectivity index (χ4v) is 4.54. The summed E-state index contributed by atoms with van der Waals surface area (Å²) in [5.74, 6) is 0.00801. The third-order valence-electron chi connectivity index (χ3n) is 5.06. The van der Waals surface area contributed by atoms with Crippen molar-refractivity contribution in [3.8, 4) is 0 Å². The summed E-state index contributed by atoms with van der Waals surface area (Å²) in [6.45, 7) is 3.09. The second-order valence-corrected chi connectivity index (χ2v) is 9.21. The second kappa shape index (κ2) is 17.5. The Kier molecular flexibility index (Phi) is 15.8. The normalized spacial score (nSPS) is 19.7. The van der Waals surface area contributed by atoms with E-state index in [1.165, 1.54) is 70.6 Å². The minimum atomic E-state index is -1.84. The topological polar surface area (TPSA) is 52.6 Å². The molecule has 5 heteroatoms. The quantitative estimate of drug-likeness (QED) is 0.118. The fraction of sp³-hybridized carbons (Fsp3) is 0.864. The van der Waals surface area contributed by atoms with E-state index in [1.807, 2.05) is 0 Å². The first kappa shape index (κ1) is 24.4. The zero-order chi connectivity index (χ0) is 19.6. The summed E-state index contributed by atoms with van der Waals surface area (Å²) in [5.41, 5.74) is 0. The van der Waals surface area contributed by atoms with E-state index >= 15 is 0 Å². The van der Waals surface area contributed by atoms with E-state index in [9.17, 15) is 9.36 Å². The molecule has 0 bridgehead atoms. The third kappa shape index (κ3) is 15.0. The maximum Gasteiger partial charge on any atom is 0.305 e. The molecule has 27 heavy (non-hydrogen) atoms. The maximum atomic E-state index is 11.7. The molecule has 4 nitrogen and oxygen atoms in total. The van der Waals surface area contributed by atoms with Crippen molar-refractivity contribution in [2.75, 3.05) is 19.4 Å². The molecule has 0 aliphatic carbocycles. The van der Waals surface area contributed by atoms with E-state index in [0.717, 1.165) is 12.8 Å². The standard InChI is InChI=1S/C22H41O4P/c1-2-3-4-5-6-7-8-9-10-11-12-13-14-15-16-17-22(23)25-18-21-19-26-27(24)20-21/h9-10,21,27H,2-8,11-20H2,1H3/b10-9-. The lowest BCUT2D eigenvalue weighted by molar-refractivity contribution is -0.145. The molecule has 0 aromatic carbocycles. The van der Waals surface area contributed by atoms with Crippen LogP contribution in [0.3, 0.4) is 0 Å². The molecule has 1 saturated heterocycles. The van der Waals surface area contributed by atoms with E-state index in [-0.39, 0.29) is 11.9 Å². The zero-order valence-corrected chi connectivity index (χ0v) is 18.4. The lowest BCUT2D eigenvalue weighted by atomic mass is 10.1. The van der Waals surface area contributed by atoms with Crippen LogP contribution in [-0.4, -0.2) is 25.3 Å². The van der Waals surface area contributed by atoms with E-state index in [0.29, 0.717) is 25.8 Å². The molecule has 1 rings (SSSR count). The Hall–Kier alpha value is -0.600. The van der Waals surface area contributed by atoms with Gasteiger partial charge in [0.15, 0.2) is 8.03 Å². The summed E-state index contributed by atoms with van der Waals surface area (Å²) in [5, 5.41) is 0. The average molecular weight is 401 g/mol. The van der Waals surface area contributed by atoms with Gasteiger partial charge in [-0.2, -0.15) is 0 Å². The van der Waals surface area contributed by atoms with Crippen LogP contribution in [0.2, 0.25) is 0 Å². The van der Waals surface area contributed by atoms with Gasteiger partial charge in [0.05, 0.1) is 13.2 Å². The van der Waals surface area contributed by atoms with E-state index in [1.54, 1.807) is 0 Å². The molecule has 1 aliphatic heterocycles. The summed E-state index contributed by atoms with van der Waals surface area (Å²) in [7, 11) is -1.84. The van der Waals surface area contributed by atoms with Crippen LogP contribution in [0.25, 0.3) is 0 Å². The summed E-state index contributed by atoms with van der Waals surface area (Å²) in [6.07, 6.45) is 22.1. The Morgan fingerprint density at radius 1 is 0.963 bits per heavy atom. The van der Waals surface area contributed by atoms with E-state index in [4.69, 9.17) is 9.26 Å². The molecule has 0 aromatic rings. The Bertz CT molecular complexity index is 423. The van der Waals surface area contributed by atoms with Crippen LogP contribution in [-0.2, 0) is 18.6 Å². The molecule has 1 heterocycles. The molecule has 2 atom stereocenters. The number of ether oxygens (including phenoxy) is 1. The van der Waals surface area contributed by atoms with Crippen molar-refractivity contribution in [3.63, 3.8) is 0 Å². The molecule has 0 aromatic heterocycles. The summed E-state index contributed by atoms with van der Waals surface area (Å²) < 4.78 is 21.4. The van der Waals surface area contributed by atoms with Crippen molar-refractivity contribution in [2.24, 2.45) is 5.92 Å². The number of hydrogen-bond acceptors (Lipinski definition) is 4. The van der Waals surface area contributed by atoms with Gasteiger partial charge in [-0.25, -0.2) is 0 Å². The molecule has 0 radical (unpaired) electrons. The number of esters is 1. The average Bonchev–Trinajstić information content (AvgIpc) is 3.08. The van der Waals surface area contributed by atoms with Gasteiger partial charge < -0.3 is 9.26 Å². The number of carbonyl (C=O) groups excluding carboxylic acids is 1. The summed E-state index contributed by atoms with van der Waals surface area (Å²) >= 11 is 0. The fourth-order valence-electron chi connectivity index (χ4n) is 3.29. The van der Waals surface area contributed by atoms with Crippen LogP contribution < -0.4 is 0 Å².